The number of carboxylic acids is 1. The van der Waals surface area contributed by atoms with E-state index in [4.69, 9.17) is 9.52 Å². The van der Waals surface area contributed by atoms with Gasteiger partial charge in [0.2, 0.25) is 5.91 Å². The van der Waals surface area contributed by atoms with Crippen molar-refractivity contribution in [2.24, 2.45) is 5.92 Å². The number of carbonyl (C=O) groups excluding carboxylic acids is 2. The minimum Gasteiger partial charge on any atom is -0.481 e. The molecule has 7 nitrogen and oxygen atoms in total. The summed E-state index contributed by atoms with van der Waals surface area (Å²) >= 11 is 0. The Morgan fingerprint density at radius 1 is 1.41 bits per heavy atom. The van der Waals surface area contributed by atoms with Gasteiger partial charge in [0.1, 0.15) is 12.3 Å². The summed E-state index contributed by atoms with van der Waals surface area (Å²) in [6.07, 6.45) is 4.23. The van der Waals surface area contributed by atoms with E-state index in [-0.39, 0.29) is 24.2 Å². The number of hydrogen-bond acceptors (Lipinski definition) is 4. The van der Waals surface area contributed by atoms with Crippen LogP contribution in [0.1, 0.15) is 36.5 Å². The molecule has 2 rings (SSSR count). The van der Waals surface area contributed by atoms with Crippen LogP contribution in [-0.2, 0) is 9.59 Å². The molecule has 0 aliphatic carbocycles. The average Bonchev–Trinajstić information content (AvgIpc) is 3.01. The molecule has 0 unspecified atom stereocenters. The molecular weight excluding hydrogens is 288 g/mol. The minimum absolute atomic E-state index is 0.123. The molecular formula is C15H20N2O5. The number of amides is 2. The molecule has 1 fully saturated rings. The number of hydrogen-bond donors (Lipinski definition) is 2. The fourth-order valence-corrected chi connectivity index (χ4v) is 2.61. The number of nitrogens with zero attached hydrogens (tertiary/aromatic N) is 1. The third-order valence-corrected chi connectivity index (χ3v) is 3.89. The SMILES string of the molecule is C[C@@H](NC(=O)c1ccoc1)C(=O)N1CCC(CC(=O)O)CC1. The lowest BCUT2D eigenvalue weighted by Crippen LogP contribution is -2.49. The average molecular weight is 308 g/mol. The van der Waals surface area contributed by atoms with Gasteiger partial charge >= 0.3 is 5.97 Å². The van der Waals surface area contributed by atoms with E-state index in [0.29, 0.717) is 31.5 Å². The number of aliphatic carboxylic acids is 1. The van der Waals surface area contributed by atoms with Crippen LogP contribution in [0.3, 0.4) is 0 Å². The van der Waals surface area contributed by atoms with Crippen LogP contribution in [0.4, 0.5) is 0 Å². The monoisotopic (exact) mass is 308 g/mol. The Balaban J connectivity index is 1.82. The Labute approximate surface area is 128 Å². The Morgan fingerprint density at radius 2 is 2.09 bits per heavy atom. The number of rotatable bonds is 5. The van der Waals surface area contributed by atoms with Gasteiger partial charge in [-0.3, -0.25) is 14.4 Å². The summed E-state index contributed by atoms with van der Waals surface area (Å²) in [5.41, 5.74) is 0.375. The molecule has 7 heteroatoms. The highest BCUT2D eigenvalue weighted by Gasteiger charge is 2.27. The third kappa shape index (κ3) is 4.09. The Morgan fingerprint density at radius 3 is 2.64 bits per heavy atom. The van der Waals surface area contributed by atoms with E-state index in [0.717, 1.165) is 0 Å². The molecule has 0 radical (unpaired) electrons. The molecule has 2 heterocycles. The maximum absolute atomic E-state index is 12.3. The topological polar surface area (TPSA) is 99.9 Å². The zero-order valence-electron chi connectivity index (χ0n) is 12.4. The molecule has 0 bridgehead atoms. The fraction of sp³-hybridized carbons (Fsp3) is 0.533. The van der Waals surface area contributed by atoms with E-state index in [2.05, 4.69) is 5.32 Å². The molecule has 1 atom stereocenters. The van der Waals surface area contributed by atoms with Crippen molar-refractivity contribution in [2.45, 2.75) is 32.2 Å². The molecule has 1 aromatic rings. The molecule has 120 valence electrons. The van der Waals surface area contributed by atoms with Crippen LogP contribution in [0.25, 0.3) is 0 Å². The summed E-state index contributed by atoms with van der Waals surface area (Å²) in [5, 5.41) is 11.4. The van der Waals surface area contributed by atoms with Crippen molar-refractivity contribution >= 4 is 17.8 Å². The number of likely N-dealkylation sites (tertiary alicyclic amines) is 1. The molecule has 1 aliphatic heterocycles. The zero-order valence-corrected chi connectivity index (χ0v) is 12.4. The summed E-state index contributed by atoms with van der Waals surface area (Å²) in [5.74, 6) is -1.18. The standard InChI is InChI=1S/C15H20N2O5/c1-10(16-14(20)12-4-7-22-9-12)15(21)17-5-2-11(3-6-17)8-13(18)19/h4,7,9-11H,2-3,5-6,8H2,1H3,(H,16,20)(H,18,19)/t10-/m1/s1. The first-order valence-electron chi connectivity index (χ1n) is 7.31. The Bertz CT molecular complexity index is 532. The number of carboxylic acid groups (broad SMARTS) is 1. The van der Waals surface area contributed by atoms with Crippen LogP contribution >= 0.6 is 0 Å². The van der Waals surface area contributed by atoms with Crippen LogP contribution in [0.15, 0.2) is 23.0 Å². The van der Waals surface area contributed by atoms with Gasteiger partial charge in [-0.25, -0.2) is 0 Å². The van der Waals surface area contributed by atoms with Gasteiger partial charge in [0.25, 0.3) is 5.91 Å². The Kier molecular flexibility index (Phi) is 5.19. The highest BCUT2D eigenvalue weighted by molar-refractivity contribution is 5.97. The van der Waals surface area contributed by atoms with Crippen LogP contribution in [0.2, 0.25) is 0 Å². The summed E-state index contributed by atoms with van der Waals surface area (Å²) in [6, 6.07) is 0.905. The summed E-state index contributed by atoms with van der Waals surface area (Å²) in [6.45, 7) is 2.70. The minimum atomic E-state index is -0.800. The first kappa shape index (κ1) is 16.1. The van der Waals surface area contributed by atoms with Gasteiger partial charge in [0, 0.05) is 19.5 Å². The van der Waals surface area contributed by atoms with Crippen molar-refractivity contribution in [2.75, 3.05) is 13.1 Å². The number of carbonyl (C=O) groups is 3. The highest BCUT2D eigenvalue weighted by Crippen LogP contribution is 2.20. The third-order valence-electron chi connectivity index (χ3n) is 3.89. The summed E-state index contributed by atoms with van der Waals surface area (Å²) < 4.78 is 4.83. The number of piperidine rings is 1. The van der Waals surface area contributed by atoms with Gasteiger partial charge in [-0.1, -0.05) is 0 Å². The molecule has 1 saturated heterocycles. The second kappa shape index (κ2) is 7.11. The van der Waals surface area contributed by atoms with Crippen LogP contribution in [0, 0.1) is 5.92 Å². The largest absolute Gasteiger partial charge is 0.481 e. The summed E-state index contributed by atoms with van der Waals surface area (Å²) in [4.78, 5) is 36.5. The maximum Gasteiger partial charge on any atom is 0.303 e. The van der Waals surface area contributed by atoms with E-state index in [1.54, 1.807) is 11.8 Å². The van der Waals surface area contributed by atoms with Crippen LogP contribution in [-0.4, -0.2) is 46.9 Å². The molecule has 2 amide bonds. The molecule has 1 aromatic heterocycles. The lowest BCUT2D eigenvalue weighted by molar-refractivity contribution is -0.139. The molecule has 0 spiro atoms. The predicted octanol–water partition coefficient (Wildman–Crippen LogP) is 1.11. The zero-order chi connectivity index (χ0) is 16.1. The van der Waals surface area contributed by atoms with E-state index >= 15 is 0 Å². The lowest BCUT2D eigenvalue weighted by Gasteiger charge is -2.33. The number of nitrogens with one attached hydrogen (secondary N) is 1. The molecule has 0 aromatic carbocycles. The van der Waals surface area contributed by atoms with E-state index in [9.17, 15) is 14.4 Å². The van der Waals surface area contributed by atoms with Crippen molar-refractivity contribution in [1.82, 2.24) is 10.2 Å². The summed E-state index contributed by atoms with van der Waals surface area (Å²) in [7, 11) is 0. The first-order chi connectivity index (χ1) is 10.5. The quantitative estimate of drug-likeness (QED) is 0.849. The van der Waals surface area contributed by atoms with Crippen molar-refractivity contribution in [3.8, 4) is 0 Å². The molecule has 22 heavy (non-hydrogen) atoms. The lowest BCUT2D eigenvalue weighted by atomic mass is 9.93. The maximum atomic E-state index is 12.3. The van der Waals surface area contributed by atoms with E-state index in [1.165, 1.54) is 18.6 Å². The molecule has 1 aliphatic rings. The highest BCUT2D eigenvalue weighted by atomic mass is 16.4. The Hall–Kier alpha value is -2.31. The fourth-order valence-electron chi connectivity index (χ4n) is 2.61. The van der Waals surface area contributed by atoms with Gasteiger partial charge in [-0.2, -0.15) is 0 Å². The van der Waals surface area contributed by atoms with Crippen molar-refractivity contribution < 1.29 is 23.9 Å². The number of furan rings is 1. The van der Waals surface area contributed by atoms with E-state index < -0.39 is 12.0 Å². The van der Waals surface area contributed by atoms with Crippen LogP contribution < -0.4 is 5.32 Å². The van der Waals surface area contributed by atoms with Gasteiger partial charge < -0.3 is 19.7 Å². The molecule has 2 N–H and O–H groups in total. The predicted molar refractivity (Wildman–Crippen MR) is 77.2 cm³/mol. The van der Waals surface area contributed by atoms with Gasteiger partial charge in [0.15, 0.2) is 0 Å². The molecule has 0 saturated carbocycles. The van der Waals surface area contributed by atoms with Crippen LogP contribution in [0.5, 0.6) is 0 Å². The van der Waals surface area contributed by atoms with Crippen molar-refractivity contribution in [1.29, 1.82) is 0 Å². The second-order valence-electron chi connectivity index (χ2n) is 5.57. The van der Waals surface area contributed by atoms with Gasteiger partial charge in [0.05, 0.1) is 11.8 Å². The van der Waals surface area contributed by atoms with Gasteiger partial charge in [-0.15, -0.1) is 0 Å². The smallest absolute Gasteiger partial charge is 0.303 e. The van der Waals surface area contributed by atoms with Crippen molar-refractivity contribution in [3.05, 3.63) is 24.2 Å². The van der Waals surface area contributed by atoms with Crippen molar-refractivity contribution in [3.63, 3.8) is 0 Å². The van der Waals surface area contributed by atoms with E-state index in [1.807, 2.05) is 0 Å². The second-order valence-corrected chi connectivity index (χ2v) is 5.57. The van der Waals surface area contributed by atoms with Gasteiger partial charge in [-0.05, 0) is 31.7 Å². The first-order valence-corrected chi connectivity index (χ1v) is 7.31. The normalized spacial score (nSPS) is 17.0.